The number of carbonyl (C=O) groups is 2. The highest BCUT2D eigenvalue weighted by molar-refractivity contribution is 9.10. The average Bonchev–Trinajstić information content (AvgIpc) is 2.81. The van der Waals surface area contributed by atoms with Gasteiger partial charge in [-0.15, -0.1) is 0 Å². The Labute approximate surface area is 175 Å². The van der Waals surface area contributed by atoms with Crippen molar-refractivity contribution in [3.05, 3.63) is 27.7 Å². The van der Waals surface area contributed by atoms with Gasteiger partial charge < -0.3 is 9.64 Å². The summed E-state index contributed by atoms with van der Waals surface area (Å²) in [5, 5.41) is -0.173. The third-order valence-corrected chi connectivity index (χ3v) is 6.63. The van der Waals surface area contributed by atoms with Gasteiger partial charge in [0.15, 0.2) is 0 Å². The molecule has 140 valence electrons. The second kappa shape index (κ2) is 8.14. The number of imide groups is 1. The number of rotatable bonds is 2. The number of thioether (sulfide) groups is 1. The van der Waals surface area contributed by atoms with Crippen LogP contribution in [0.1, 0.15) is 20.3 Å². The fourth-order valence-electron chi connectivity index (χ4n) is 3.14. The smallest absolute Gasteiger partial charge is 0.247 e. The van der Waals surface area contributed by atoms with Crippen LogP contribution in [0.2, 0.25) is 5.02 Å². The molecule has 9 heteroatoms. The van der Waals surface area contributed by atoms with Crippen LogP contribution in [0.15, 0.2) is 22.7 Å². The van der Waals surface area contributed by atoms with Crippen molar-refractivity contribution in [2.24, 2.45) is 0 Å². The predicted molar refractivity (Wildman–Crippen MR) is 112 cm³/mol. The van der Waals surface area contributed by atoms with Gasteiger partial charge in [0.1, 0.15) is 9.57 Å². The molecule has 3 atom stereocenters. The largest absolute Gasteiger partial charge is 0.372 e. The molecule has 2 fully saturated rings. The van der Waals surface area contributed by atoms with Crippen LogP contribution in [0, 0.1) is 0 Å². The van der Waals surface area contributed by atoms with E-state index in [1.807, 2.05) is 18.7 Å². The van der Waals surface area contributed by atoms with Crippen molar-refractivity contribution < 1.29 is 14.3 Å². The highest BCUT2D eigenvalue weighted by atomic mass is 79.9. The van der Waals surface area contributed by atoms with Crippen LogP contribution < -0.4 is 4.90 Å². The Morgan fingerprint density at radius 2 is 1.96 bits per heavy atom. The van der Waals surface area contributed by atoms with Gasteiger partial charge in [-0.2, -0.15) is 0 Å². The Morgan fingerprint density at radius 1 is 1.31 bits per heavy atom. The van der Waals surface area contributed by atoms with Crippen LogP contribution in [0.4, 0.5) is 5.69 Å². The summed E-state index contributed by atoms with van der Waals surface area (Å²) in [6, 6.07) is 5.08. The zero-order valence-electron chi connectivity index (χ0n) is 14.3. The van der Waals surface area contributed by atoms with E-state index >= 15 is 0 Å². The van der Waals surface area contributed by atoms with Crippen LogP contribution in [0.3, 0.4) is 0 Å². The van der Waals surface area contributed by atoms with Crippen molar-refractivity contribution >= 4 is 73.3 Å². The first-order chi connectivity index (χ1) is 12.3. The highest BCUT2D eigenvalue weighted by Crippen LogP contribution is 2.36. The number of thiocarbonyl (C=S) groups is 1. The number of carbonyl (C=O) groups excluding carboxylic acids is 2. The first kappa shape index (κ1) is 20.1. The molecule has 2 aliphatic rings. The first-order valence-corrected chi connectivity index (χ1v) is 10.6. The molecule has 1 aromatic carbocycles. The Bertz CT molecular complexity index is 754. The lowest BCUT2D eigenvalue weighted by molar-refractivity contribution is -0.121. The van der Waals surface area contributed by atoms with E-state index in [0.717, 1.165) is 4.47 Å². The number of anilines is 1. The maximum atomic E-state index is 12.8. The van der Waals surface area contributed by atoms with Gasteiger partial charge >= 0.3 is 0 Å². The second-order valence-corrected chi connectivity index (χ2v) is 9.56. The predicted octanol–water partition coefficient (Wildman–Crippen LogP) is 3.86. The van der Waals surface area contributed by atoms with Crippen molar-refractivity contribution in [1.82, 2.24) is 4.90 Å². The Kier molecular flexibility index (Phi) is 6.29. The molecule has 2 saturated heterocycles. The summed E-state index contributed by atoms with van der Waals surface area (Å²) in [5.74, 6) is -0.538. The molecule has 2 amide bonds. The molecule has 3 unspecified atom stereocenters. The molecule has 0 N–H and O–H groups in total. The van der Waals surface area contributed by atoms with Crippen LogP contribution >= 0.6 is 51.5 Å². The topological polar surface area (TPSA) is 49.9 Å². The number of benzene rings is 1. The van der Waals surface area contributed by atoms with Gasteiger partial charge in [-0.25, -0.2) is 4.90 Å². The molecule has 2 aliphatic heterocycles. The molecule has 0 aliphatic carbocycles. The number of hydrogen-bond donors (Lipinski definition) is 0. The molecule has 0 bridgehead atoms. The number of amides is 2. The van der Waals surface area contributed by atoms with Crippen molar-refractivity contribution in [1.29, 1.82) is 0 Å². The summed E-state index contributed by atoms with van der Waals surface area (Å²) >= 11 is 16.3. The van der Waals surface area contributed by atoms with Gasteiger partial charge in [-0.05, 0) is 32.0 Å². The van der Waals surface area contributed by atoms with Crippen molar-refractivity contribution in [2.45, 2.75) is 37.7 Å². The molecule has 0 aromatic heterocycles. The number of halogens is 2. The maximum absolute atomic E-state index is 12.8. The van der Waals surface area contributed by atoms with Crippen molar-refractivity contribution in [3.63, 3.8) is 0 Å². The first-order valence-electron chi connectivity index (χ1n) is 8.19. The number of nitrogens with zero attached hydrogens (tertiary/aromatic N) is 2. The molecule has 0 spiro atoms. The van der Waals surface area contributed by atoms with Crippen LogP contribution in [-0.2, 0) is 14.3 Å². The third-order valence-electron chi connectivity index (χ3n) is 4.18. The summed E-state index contributed by atoms with van der Waals surface area (Å²) in [6.45, 7) is 5.37. The van der Waals surface area contributed by atoms with E-state index in [9.17, 15) is 9.59 Å². The molecule has 0 saturated carbocycles. The van der Waals surface area contributed by atoms with Gasteiger partial charge in [0, 0.05) is 24.0 Å². The van der Waals surface area contributed by atoms with Crippen LogP contribution in [0.25, 0.3) is 0 Å². The number of hydrogen-bond acceptors (Lipinski definition) is 5. The third kappa shape index (κ3) is 4.25. The zero-order chi connectivity index (χ0) is 19.0. The minimum Gasteiger partial charge on any atom is -0.372 e. The summed E-state index contributed by atoms with van der Waals surface area (Å²) < 4.78 is 7.13. The maximum Gasteiger partial charge on any atom is 0.247 e. The standard InChI is InChI=1S/C17H18BrClN2O3S2/c1-9-7-20(8-10(2)24-9)17(25)26-14-6-15(22)21(16(14)23)13-4-3-11(18)5-12(13)19/h3-5,9-10,14H,6-8H2,1-2H3. The molecule has 2 heterocycles. The van der Waals surface area contributed by atoms with Crippen LogP contribution in [0.5, 0.6) is 0 Å². The number of ether oxygens (including phenoxy) is 1. The molecular weight excluding hydrogens is 460 g/mol. The molecule has 1 aromatic rings. The molecule has 26 heavy (non-hydrogen) atoms. The van der Waals surface area contributed by atoms with Gasteiger partial charge in [-0.3, -0.25) is 9.59 Å². The Morgan fingerprint density at radius 3 is 2.58 bits per heavy atom. The van der Waals surface area contributed by atoms with Gasteiger partial charge in [0.2, 0.25) is 11.8 Å². The summed E-state index contributed by atoms with van der Waals surface area (Å²) in [5.41, 5.74) is 0.410. The molecular formula is C17H18BrClN2O3S2. The normalized spacial score (nSPS) is 26.5. The Hall–Kier alpha value is -0.670. The minimum absolute atomic E-state index is 0.0799. The van der Waals surface area contributed by atoms with Crippen molar-refractivity contribution in [3.8, 4) is 0 Å². The molecule has 5 nitrogen and oxygen atoms in total. The summed E-state index contributed by atoms with van der Waals surface area (Å²) in [4.78, 5) is 28.5. The Balaban J connectivity index is 1.71. The quantitative estimate of drug-likeness (QED) is 0.476. The minimum atomic E-state index is -0.525. The van der Waals surface area contributed by atoms with E-state index in [1.54, 1.807) is 18.2 Å². The monoisotopic (exact) mass is 476 g/mol. The van der Waals surface area contributed by atoms with E-state index in [2.05, 4.69) is 15.9 Å². The average molecular weight is 478 g/mol. The second-order valence-electron chi connectivity index (χ2n) is 6.40. The van der Waals surface area contributed by atoms with Crippen molar-refractivity contribution in [2.75, 3.05) is 18.0 Å². The lowest BCUT2D eigenvalue weighted by Gasteiger charge is -2.36. The van der Waals surface area contributed by atoms with E-state index in [1.165, 1.54) is 16.7 Å². The van der Waals surface area contributed by atoms with E-state index in [4.69, 9.17) is 28.6 Å². The number of morpholine rings is 1. The van der Waals surface area contributed by atoms with Crippen LogP contribution in [-0.4, -0.2) is 51.6 Å². The molecule has 0 radical (unpaired) electrons. The lowest BCUT2D eigenvalue weighted by atomic mass is 10.2. The SMILES string of the molecule is CC1CN(C(=S)SC2CC(=O)N(c3ccc(Br)cc3Cl)C2=O)CC(C)O1. The molecule has 3 rings (SSSR count). The fraction of sp³-hybridized carbons (Fsp3) is 0.471. The lowest BCUT2D eigenvalue weighted by Crippen LogP contribution is -2.47. The van der Waals surface area contributed by atoms with E-state index in [-0.39, 0.29) is 30.4 Å². The van der Waals surface area contributed by atoms with E-state index in [0.29, 0.717) is 28.1 Å². The van der Waals surface area contributed by atoms with Gasteiger partial charge in [0.05, 0.1) is 22.9 Å². The van der Waals surface area contributed by atoms with Gasteiger partial charge in [0.25, 0.3) is 0 Å². The van der Waals surface area contributed by atoms with Gasteiger partial charge in [-0.1, -0.05) is 51.5 Å². The van der Waals surface area contributed by atoms with E-state index < -0.39 is 5.25 Å². The summed E-state index contributed by atoms with van der Waals surface area (Å²) in [6.07, 6.45) is 0.276. The fourth-order valence-corrected chi connectivity index (χ4v) is 5.36. The summed E-state index contributed by atoms with van der Waals surface area (Å²) in [7, 11) is 0. The zero-order valence-corrected chi connectivity index (χ0v) is 18.3. The highest BCUT2D eigenvalue weighted by Gasteiger charge is 2.42.